The van der Waals surface area contributed by atoms with Crippen LogP contribution >= 0.6 is 0 Å². The van der Waals surface area contributed by atoms with E-state index >= 15 is 0 Å². The van der Waals surface area contributed by atoms with E-state index in [4.69, 9.17) is 0 Å². The minimum Gasteiger partial charge on any atom is -0.405 e. The van der Waals surface area contributed by atoms with E-state index in [2.05, 4.69) is 30.2 Å². The number of carbonyl (C=O) groups is 1. The number of nitrogens with zero attached hydrogens (tertiary/aromatic N) is 3. The molecule has 1 fully saturated rings. The number of alkyl halides is 3. The molecule has 1 aliphatic heterocycles. The molecule has 0 spiro atoms. The molecular weight excluding hydrogens is 447 g/mol. The van der Waals surface area contributed by atoms with Gasteiger partial charge in [0.15, 0.2) is 0 Å². The first-order valence-corrected chi connectivity index (χ1v) is 10.9. The fraction of sp³-hybridized carbons (Fsp3) is 0.292. The molecule has 0 saturated carbocycles. The summed E-state index contributed by atoms with van der Waals surface area (Å²) in [6.45, 7) is 3.86. The topological polar surface area (TPSA) is 79.4 Å². The van der Waals surface area contributed by atoms with Crippen LogP contribution in [0, 0.1) is 6.92 Å². The van der Waals surface area contributed by atoms with Crippen molar-refractivity contribution < 1.29 is 22.7 Å². The molecule has 0 unspecified atom stereocenters. The normalized spacial score (nSPS) is 13.9. The zero-order chi connectivity index (χ0) is 24.1. The number of ether oxygens (including phenoxy) is 1. The number of hydrogen-bond acceptors (Lipinski definition) is 6. The Kier molecular flexibility index (Phi) is 6.85. The van der Waals surface area contributed by atoms with Gasteiger partial charge < -0.3 is 20.3 Å². The van der Waals surface area contributed by atoms with Crippen molar-refractivity contribution in [1.29, 1.82) is 0 Å². The highest BCUT2D eigenvalue weighted by atomic mass is 19.4. The van der Waals surface area contributed by atoms with E-state index in [0.29, 0.717) is 17.3 Å². The number of halogens is 3. The van der Waals surface area contributed by atoms with E-state index in [1.807, 2.05) is 13.0 Å². The Hall–Kier alpha value is -3.82. The molecule has 1 aromatic heterocycles. The maximum Gasteiger partial charge on any atom is 0.573 e. The molecule has 2 N–H and O–H groups in total. The van der Waals surface area contributed by atoms with Crippen molar-refractivity contribution in [3.05, 3.63) is 65.9 Å². The van der Waals surface area contributed by atoms with Crippen LogP contribution in [-0.2, 0) is 0 Å². The van der Waals surface area contributed by atoms with Gasteiger partial charge in [-0.3, -0.25) is 4.79 Å². The fourth-order valence-corrected chi connectivity index (χ4v) is 3.73. The highest BCUT2D eigenvalue weighted by molar-refractivity contribution is 6.06. The van der Waals surface area contributed by atoms with Gasteiger partial charge in [0.1, 0.15) is 11.6 Å². The third-order valence-corrected chi connectivity index (χ3v) is 5.28. The van der Waals surface area contributed by atoms with Crippen LogP contribution in [0.25, 0.3) is 0 Å². The molecule has 0 atom stereocenters. The second-order valence-corrected chi connectivity index (χ2v) is 7.94. The van der Waals surface area contributed by atoms with E-state index in [0.717, 1.165) is 43.5 Å². The summed E-state index contributed by atoms with van der Waals surface area (Å²) in [5.41, 5.74) is 1.74. The summed E-state index contributed by atoms with van der Waals surface area (Å²) < 4.78 is 41.8. The minimum atomic E-state index is -4.89. The van der Waals surface area contributed by atoms with Crippen molar-refractivity contribution >= 4 is 29.0 Å². The lowest BCUT2D eigenvalue weighted by Gasteiger charge is -2.28. The number of aryl methyl sites for hydroxylation is 1. The van der Waals surface area contributed by atoms with Gasteiger partial charge in [-0.15, -0.1) is 13.2 Å². The van der Waals surface area contributed by atoms with Crippen LogP contribution in [0.2, 0.25) is 0 Å². The highest BCUT2D eigenvalue weighted by Gasteiger charge is 2.32. The number of carbonyl (C=O) groups excluding carboxylic acids is 1. The third-order valence-electron chi connectivity index (χ3n) is 5.28. The van der Waals surface area contributed by atoms with Crippen LogP contribution in [0.4, 0.5) is 36.3 Å². The summed E-state index contributed by atoms with van der Waals surface area (Å²) in [4.78, 5) is 23.9. The Morgan fingerprint density at radius 2 is 1.65 bits per heavy atom. The number of rotatable bonds is 6. The first-order chi connectivity index (χ1) is 16.3. The first kappa shape index (κ1) is 23.3. The van der Waals surface area contributed by atoms with Gasteiger partial charge in [0.25, 0.3) is 5.91 Å². The standard InChI is InChI=1S/C24H24F3N5O2/c1-16-15-21(32-13-5-2-6-14-32)31-23(28-16)30-18-11-9-17(10-12-18)29-22(33)19-7-3-4-8-20(19)34-24(25,26)27/h3-4,7-12,15H,2,5-6,13-14H2,1H3,(H,29,33)(H,28,30,31). The molecule has 7 nitrogen and oxygen atoms in total. The van der Waals surface area contributed by atoms with E-state index in [-0.39, 0.29) is 5.56 Å². The molecule has 2 heterocycles. The van der Waals surface area contributed by atoms with Crippen LogP contribution in [0.1, 0.15) is 35.3 Å². The van der Waals surface area contributed by atoms with Crippen LogP contribution in [0.15, 0.2) is 54.6 Å². The van der Waals surface area contributed by atoms with Crippen molar-refractivity contribution in [2.75, 3.05) is 28.6 Å². The van der Waals surface area contributed by atoms with Crippen LogP contribution in [-0.4, -0.2) is 35.3 Å². The average molecular weight is 471 g/mol. The van der Waals surface area contributed by atoms with Gasteiger partial charge in [0.05, 0.1) is 5.56 Å². The van der Waals surface area contributed by atoms with Crippen molar-refractivity contribution in [3.63, 3.8) is 0 Å². The lowest BCUT2D eigenvalue weighted by Crippen LogP contribution is -2.30. The monoisotopic (exact) mass is 471 g/mol. The Bertz CT molecular complexity index is 1150. The molecule has 1 amide bonds. The van der Waals surface area contributed by atoms with Crippen LogP contribution < -0.4 is 20.3 Å². The van der Waals surface area contributed by atoms with Crippen molar-refractivity contribution in [3.8, 4) is 5.75 Å². The number of benzene rings is 2. The highest BCUT2D eigenvalue weighted by Crippen LogP contribution is 2.27. The fourth-order valence-electron chi connectivity index (χ4n) is 3.73. The number of piperidine rings is 1. The Labute approximate surface area is 195 Å². The van der Waals surface area contributed by atoms with Crippen LogP contribution in [0.3, 0.4) is 0 Å². The maximum atomic E-state index is 12.6. The quantitative estimate of drug-likeness (QED) is 0.482. The molecule has 0 bridgehead atoms. The molecule has 178 valence electrons. The third kappa shape index (κ3) is 6.15. The molecule has 2 aromatic carbocycles. The zero-order valence-electron chi connectivity index (χ0n) is 18.5. The van der Waals surface area contributed by atoms with Gasteiger partial charge in [-0.25, -0.2) is 4.98 Å². The molecule has 0 aliphatic carbocycles. The predicted octanol–water partition coefficient (Wildman–Crippen LogP) is 5.67. The average Bonchev–Trinajstić information content (AvgIpc) is 2.80. The molecule has 1 aliphatic rings. The SMILES string of the molecule is Cc1cc(N2CCCCC2)nc(Nc2ccc(NC(=O)c3ccccc3OC(F)(F)F)cc2)n1. The van der Waals surface area contributed by atoms with Gasteiger partial charge in [-0.05, 0) is 62.6 Å². The largest absolute Gasteiger partial charge is 0.573 e. The van der Waals surface area contributed by atoms with Crippen molar-refractivity contribution in [2.24, 2.45) is 0 Å². The number of nitrogens with one attached hydrogen (secondary N) is 2. The zero-order valence-corrected chi connectivity index (χ0v) is 18.5. The lowest BCUT2D eigenvalue weighted by atomic mass is 10.1. The Morgan fingerprint density at radius 1 is 0.971 bits per heavy atom. The second kappa shape index (κ2) is 9.98. The summed E-state index contributed by atoms with van der Waals surface area (Å²) >= 11 is 0. The van der Waals surface area contributed by atoms with Gasteiger partial charge >= 0.3 is 6.36 Å². The number of hydrogen-bond donors (Lipinski definition) is 2. The minimum absolute atomic E-state index is 0.222. The van der Waals surface area contributed by atoms with E-state index < -0.39 is 18.0 Å². The van der Waals surface area contributed by atoms with Gasteiger partial charge in [0, 0.05) is 36.2 Å². The number of anilines is 4. The predicted molar refractivity (Wildman–Crippen MR) is 124 cm³/mol. The number of para-hydroxylation sites is 1. The molecule has 1 saturated heterocycles. The molecule has 0 radical (unpaired) electrons. The molecule has 34 heavy (non-hydrogen) atoms. The summed E-state index contributed by atoms with van der Waals surface area (Å²) in [5.74, 6) is 0.0783. The summed E-state index contributed by atoms with van der Waals surface area (Å²) in [6.07, 6.45) is -1.37. The molecule has 3 aromatic rings. The van der Waals surface area contributed by atoms with E-state index in [1.54, 1.807) is 24.3 Å². The van der Waals surface area contributed by atoms with Gasteiger partial charge in [-0.2, -0.15) is 4.98 Å². The van der Waals surface area contributed by atoms with Crippen molar-refractivity contribution in [2.45, 2.75) is 32.5 Å². The summed E-state index contributed by atoms with van der Waals surface area (Å²) in [5, 5.41) is 5.75. The summed E-state index contributed by atoms with van der Waals surface area (Å²) in [7, 11) is 0. The summed E-state index contributed by atoms with van der Waals surface area (Å²) in [6, 6.07) is 13.9. The van der Waals surface area contributed by atoms with E-state index in [1.165, 1.54) is 24.6 Å². The lowest BCUT2D eigenvalue weighted by molar-refractivity contribution is -0.274. The molecule has 10 heteroatoms. The second-order valence-electron chi connectivity index (χ2n) is 7.94. The number of amides is 1. The molecule has 4 rings (SSSR count). The van der Waals surface area contributed by atoms with E-state index in [9.17, 15) is 18.0 Å². The van der Waals surface area contributed by atoms with Crippen LogP contribution in [0.5, 0.6) is 5.75 Å². The van der Waals surface area contributed by atoms with Gasteiger partial charge in [0.2, 0.25) is 5.95 Å². The first-order valence-electron chi connectivity index (χ1n) is 10.9. The van der Waals surface area contributed by atoms with Crippen molar-refractivity contribution in [1.82, 2.24) is 9.97 Å². The Balaban J connectivity index is 1.43. The molecular formula is C24H24F3N5O2. The number of aromatic nitrogens is 2. The Morgan fingerprint density at radius 3 is 2.35 bits per heavy atom. The maximum absolute atomic E-state index is 12.6. The van der Waals surface area contributed by atoms with Gasteiger partial charge in [-0.1, -0.05) is 12.1 Å². The smallest absolute Gasteiger partial charge is 0.405 e.